The van der Waals surface area contributed by atoms with E-state index in [9.17, 15) is 0 Å². The summed E-state index contributed by atoms with van der Waals surface area (Å²) in [7, 11) is 0. The van der Waals surface area contributed by atoms with E-state index in [1.54, 1.807) is 0 Å². The van der Waals surface area contributed by atoms with Gasteiger partial charge in [0.15, 0.2) is 0 Å². The Morgan fingerprint density at radius 2 is 2.12 bits per heavy atom. The average molecular weight is 239 g/mol. The molecule has 0 bridgehead atoms. The molecule has 0 aromatic heterocycles. The van der Waals surface area contributed by atoms with E-state index in [1.807, 2.05) is 6.08 Å². The van der Waals surface area contributed by atoms with Crippen molar-refractivity contribution in [3.63, 3.8) is 0 Å². The lowest BCUT2D eigenvalue weighted by Crippen LogP contribution is -2.61. The third kappa shape index (κ3) is 4.11. The molecule has 0 aliphatic heterocycles. The zero-order valence-electron chi connectivity index (χ0n) is 11.8. The van der Waals surface area contributed by atoms with Gasteiger partial charge in [-0.15, -0.1) is 6.58 Å². The molecule has 1 aliphatic carbocycles. The third-order valence-electron chi connectivity index (χ3n) is 4.02. The summed E-state index contributed by atoms with van der Waals surface area (Å²) < 4.78 is 5.73. The first-order valence-corrected chi connectivity index (χ1v) is 7.08. The van der Waals surface area contributed by atoms with E-state index in [1.165, 1.54) is 25.7 Å². The molecule has 0 spiro atoms. The zero-order chi connectivity index (χ0) is 12.7. The number of rotatable bonds is 9. The second-order valence-electron chi connectivity index (χ2n) is 5.65. The Labute approximate surface area is 107 Å². The lowest BCUT2D eigenvalue weighted by molar-refractivity contribution is -0.113. The Hall–Kier alpha value is -0.340. The molecule has 2 unspecified atom stereocenters. The van der Waals surface area contributed by atoms with Gasteiger partial charge < -0.3 is 10.1 Å². The molecule has 2 atom stereocenters. The highest BCUT2D eigenvalue weighted by Gasteiger charge is 2.48. The minimum absolute atomic E-state index is 0.303. The van der Waals surface area contributed by atoms with Gasteiger partial charge in [-0.2, -0.15) is 0 Å². The van der Waals surface area contributed by atoms with Crippen molar-refractivity contribution in [1.82, 2.24) is 5.32 Å². The van der Waals surface area contributed by atoms with Gasteiger partial charge in [0.05, 0.1) is 6.10 Å². The lowest BCUT2D eigenvalue weighted by atomic mass is 9.64. The van der Waals surface area contributed by atoms with Crippen LogP contribution in [0.4, 0.5) is 0 Å². The minimum atomic E-state index is 0.303. The highest BCUT2D eigenvalue weighted by atomic mass is 16.5. The number of allylic oxidation sites excluding steroid dienone is 1. The molecule has 1 N–H and O–H groups in total. The third-order valence-corrected chi connectivity index (χ3v) is 4.02. The van der Waals surface area contributed by atoms with Crippen molar-refractivity contribution in [3.8, 4) is 0 Å². The Morgan fingerprint density at radius 3 is 2.71 bits per heavy atom. The predicted octanol–water partition coefficient (Wildman–Crippen LogP) is 3.53. The summed E-state index contributed by atoms with van der Waals surface area (Å²) in [6.45, 7) is 12.4. The van der Waals surface area contributed by atoms with Gasteiger partial charge in [-0.05, 0) is 39.2 Å². The van der Waals surface area contributed by atoms with Crippen LogP contribution in [0.3, 0.4) is 0 Å². The van der Waals surface area contributed by atoms with E-state index < -0.39 is 0 Å². The van der Waals surface area contributed by atoms with Crippen molar-refractivity contribution >= 4 is 0 Å². The van der Waals surface area contributed by atoms with Gasteiger partial charge in [-0.3, -0.25) is 0 Å². The van der Waals surface area contributed by atoms with Crippen LogP contribution in [-0.4, -0.2) is 25.3 Å². The molecule has 1 rings (SSSR count). The highest BCUT2D eigenvalue weighted by Crippen LogP contribution is 2.42. The maximum absolute atomic E-state index is 5.73. The molecule has 0 saturated heterocycles. The molecule has 1 fully saturated rings. The molecule has 100 valence electrons. The number of nitrogens with one attached hydrogen (secondary N) is 1. The quantitative estimate of drug-likeness (QED) is 0.491. The fourth-order valence-corrected chi connectivity index (χ4v) is 2.58. The molecule has 17 heavy (non-hydrogen) atoms. The summed E-state index contributed by atoms with van der Waals surface area (Å²) in [5.41, 5.74) is 0.303. The first-order valence-electron chi connectivity index (χ1n) is 7.08. The van der Waals surface area contributed by atoms with Crippen molar-refractivity contribution in [2.24, 2.45) is 5.41 Å². The normalized spacial score (nSPS) is 26.5. The standard InChI is InChI=1S/C15H29NO/c1-5-7-8-9-10-11-16-13-12-14(17-6-2)15(13,3)4/h5,13-14,16H,1,6-12H2,2-4H3. The second kappa shape index (κ2) is 7.17. The summed E-state index contributed by atoms with van der Waals surface area (Å²) in [5.74, 6) is 0. The van der Waals surface area contributed by atoms with Crippen LogP contribution < -0.4 is 5.32 Å². The Morgan fingerprint density at radius 1 is 1.35 bits per heavy atom. The van der Waals surface area contributed by atoms with Gasteiger partial charge in [0, 0.05) is 18.1 Å². The molecule has 0 aromatic carbocycles. The van der Waals surface area contributed by atoms with Crippen molar-refractivity contribution < 1.29 is 4.74 Å². The second-order valence-corrected chi connectivity index (χ2v) is 5.65. The van der Waals surface area contributed by atoms with Crippen LogP contribution in [0, 0.1) is 5.41 Å². The van der Waals surface area contributed by atoms with Crippen molar-refractivity contribution in [1.29, 1.82) is 0 Å². The maximum Gasteiger partial charge on any atom is 0.0655 e. The SMILES string of the molecule is C=CCCCCCNC1CC(OCC)C1(C)C. The largest absolute Gasteiger partial charge is 0.378 e. The predicted molar refractivity (Wildman–Crippen MR) is 74.3 cm³/mol. The lowest BCUT2D eigenvalue weighted by Gasteiger charge is -2.52. The van der Waals surface area contributed by atoms with Gasteiger partial charge in [0.1, 0.15) is 0 Å². The fourth-order valence-electron chi connectivity index (χ4n) is 2.58. The van der Waals surface area contributed by atoms with Gasteiger partial charge in [-0.25, -0.2) is 0 Å². The first-order chi connectivity index (χ1) is 8.12. The van der Waals surface area contributed by atoms with Crippen LogP contribution in [0.25, 0.3) is 0 Å². The summed E-state index contributed by atoms with van der Waals surface area (Å²) in [6, 6.07) is 0.637. The van der Waals surface area contributed by atoms with E-state index in [0.717, 1.165) is 19.6 Å². The molecule has 0 heterocycles. The smallest absolute Gasteiger partial charge is 0.0655 e. The van der Waals surface area contributed by atoms with Crippen molar-refractivity contribution in [3.05, 3.63) is 12.7 Å². The molecule has 0 aromatic rings. The van der Waals surface area contributed by atoms with Crippen LogP contribution in [-0.2, 0) is 4.74 Å². The Balaban J connectivity index is 2.07. The number of hydrogen-bond acceptors (Lipinski definition) is 2. The fraction of sp³-hybridized carbons (Fsp3) is 0.867. The zero-order valence-corrected chi connectivity index (χ0v) is 11.8. The van der Waals surface area contributed by atoms with E-state index >= 15 is 0 Å². The molecule has 0 amide bonds. The van der Waals surface area contributed by atoms with Gasteiger partial charge in [-0.1, -0.05) is 26.3 Å². The Kier molecular flexibility index (Phi) is 6.21. The summed E-state index contributed by atoms with van der Waals surface area (Å²) >= 11 is 0. The van der Waals surface area contributed by atoms with Gasteiger partial charge in [0.2, 0.25) is 0 Å². The van der Waals surface area contributed by atoms with Gasteiger partial charge >= 0.3 is 0 Å². The average Bonchev–Trinajstić information content (AvgIpc) is 2.31. The van der Waals surface area contributed by atoms with Crippen molar-refractivity contribution in [2.45, 2.75) is 65.0 Å². The topological polar surface area (TPSA) is 21.3 Å². The molecular formula is C15H29NO. The van der Waals surface area contributed by atoms with E-state index in [4.69, 9.17) is 4.74 Å². The molecular weight excluding hydrogens is 210 g/mol. The summed E-state index contributed by atoms with van der Waals surface area (Å²) in [4.78, 5) is 0. The molecule has 1 aliphatic rings. The molecule has 2 nitrogen and oxygen atoms in total. The first kappa shape index (κ1) is 14.7. The van der Waals surface area contributed by atoms with E-state index in [2.05, 4.69) is 32.7 Å². The Bertz CT molecular complexity index is 225. The van der Waals surface area contributed by atoms with E-state index in [0.29, 0.717) is 17.6 Å². The van der Waals surface area contributed by atoms with Crippen LogP contribution in [0.15, 0.2) is 12.7 Å². The monoisotopic (exact) mass is 239 g/mol. The van der Waals surface area contributed by atoms with Crippen LogP contribution in [0.2, 0.25) is 0 Å². The maximum atomic E-state index is 5.73. The van der Waals surface area contributed by atoms with E-state index in [-0.39, 0.29) is 0 Å². The molecule has 0 radical (unpaired) electrons. The molecule has 1 saturated carbocycles. The van der Waals surface area contributed by atoms with Crippen LogP contribution >= 0.6 is 0 Å². The van der Waals surface area contributed by atoms with Gasteiger partial charge in [0.25, 0.3) is 0 Å². The highest BCUT2D eigenvalue weighted by molar-refractivity contribution is 5.02. The molecule has 2 heteroatoms. The van der Waals surface area contributed by atoms with Crippen molar-refractivity contribution in [2.75, 3.05) is 13.2 Å². The summed E-state index contributed by atoms with van der Waals surface area (Å²) in [5, 5.41) is 3.67. The number of hydrogen-bond donors (Lipinski definition) is 1. The number of unbranched alkanes of at least 4 members (excludes halogenated alkanes) is 3. The summed E-state index contributed by atoms with van der Waals surface area (Å²) in [6.07, 6.45) is 8.65. The van der Waals surface area contributed by atoms with Crippen LogP contribution in [0.1, 0.15) is 52.9 Å². The number of ether oxygens (including phenoxy) is 1. The minimum Gasteiger partial charge on any atom is -0.378 e. The van der Waals surface area contributed by atoms with Crippen LogP contribution in [0.5, 0.6) is 0 Å².